The molecule has 1 atom stereocenters. The van der Waals surface area contributed by atoms with Gasteiger partial charge in [0.15, 0.2) is 0 Å². The smallest absolute Gasteiger partial charge is 0.0771 e. The molecule has 0 amide bonds. The zero-order valence-electron chi connectivity index (χ0n) is 6.42. The van der Waals surface area contributed by atoms with Gasteiger partial charge in [0.1, 0.15) is 0 Å². The maximum atomic E-state index is 8.90. The van der Waals surface area contributed by atoms with Crippen molar-refractivity contribution in [2.45, 2.75) is 25.9 Å². The third-order valence-corrected chi connectivity index (χ3v) is 2.23. The van der Waals surface area contributed by atoms with Crippen LogP contribution in [0.15, 0.2) is 0 Å². The predicted molar refractivity (Wildman–Crippen MR) is 45.3 cm³/mol. The lowest BCUT2D eigenvalue weighted by Crippen LogP contribution is -2.11. The summed E-state index contributed by atoms with van der Waals surface area (Å²) in [6, 6.07) is 0. The first-order chi connectivity index (χ1) is 4.81. The standard InChI is InChI=1S/C7H16O2S/c1-2-10-5-3-4-7(9)6-8/h7-9H,2-6H2,1H3. The van der Waals surface area contributed by atoms with Crippen molar-refractivity contribution >= 4 is 11.8 Å². The van der Waals surface area contributed by atoms with Crippen molar-refractivity contribution in [3.63, 3.8) is 0 Å². The molecule has 10 heavy (non-hydrogen) atoms. The van der Waals surface area contributed by atoms with Gasteiger partial charge >= 0.3 is 0 Å². The van der Waals surface area contributed by atoms with Gasteiger partial charge in [0.25, 0.3) is 0 Å². The van der Waals surface area contributed by atoms with Crippen LogP contribution in [0.1, 0.15) is 19.8 Å². The van der Waals surface area contributed by atoms with E-state index in [1.54, 1.807) is 0 Å². The van der Waals surface area contributed by atoms with Crippen molar-refractivity contribution in [2.24, 2.45) is 0 Å². The van der Waals surface area contributed by atoms with Crippen LogP contribution in [0.2, 0.25) is 0 Å². The van der Waals surface area contributed by atoms with Crippen LogP contribution in [-0.2, 0) is 0 Å². The van der Waals surface area contributed by atoms with E-state index in [1.807, 2.05) is 11.8 Å². The maximum Gasteiger partial charge on any atom is 0.0771 e. The quantitative estimate of drug-likeness (QED) is 0.572. The second-order valence-electron chi connectivity index (χ2n) is 2.18. The molecular weight excluding hydrogens is 148 g/mol. The lowest BCUT2D eigenvalue weighted by atomic mass is 10.2. The number of aliphatic hydroxyl groups is 2. The predicted octanol–water partition coefficient (Wildman–Crippen LogP) is 0.873. The molecule has 62 valence electrons. The molecule has 0 aliphatic rings. The molecule has 0 bridgehead atoms. The Labute approximate surface area is 66.6 Å². The van der Waals surface area contributed by atoms with Gasteiger partial charge in [0.05, 0.1) is 12.7 Å². The lowest BCUT2D eigenvalue weighted by Gasteiger charge is -2.04. The summed E-state index contributed by atoms with van der Waals surface area (Å²) in [6.07, 6.45) is 1.22. The van der Waals surface area contributed by atoms with Gasteiger partial charge in [-0.25, -0.2) is 0 Å². The van der Waals surface area contributed by atoms with Crippen molar-refractivity contribution in [3.05, 3.63) is 0 Å². The molecule has 0 saturated heterocycles. The van der Waals surface area contributed by atoms with Gasteiger partial charge in [-0.15, -0.1) is 0 Å². The Morgan fingerprint density at radius 1 is 1.50 bits per heavy atom. The SMILES string of the molecule is CCSCCCC(O)CO. The highest BCUT2D eigenvalue weighted by molar-refractivity contribution is 7.99. The molecule has 0 aliphatic carbocycles. The Morgan fingerprint density at radius 3 is 2.70 bits per heavy atom. The van der Waals surface area contributed by atoms with Gasteiger partial charge in [-0.3, -0.25) is 0 Å². The average molecular weight is 164 g/mol. The summed E-state index contributed by atoms with van der Waals surface area (Å²) in [5.41, 5.74) is 0. The highest BCUT2D eigenvalue weighted by atomic mass is 32.2. The molecule has 3 heteroatoms. The Hall–Kier alpha value is 0.270. The monoisotopic (exact) mass is 164 g/mol. The molecule has 0 spiro atoms. The Balaban J connectivity index is 2.89. The number of rotatable bonds is 6. The molecule has 0 radical (unpaired) electrons. The molecule has 0 aromatic rings. The molecule has 2 nitrogen and oxygen atoms in total. The van der Waals surface area contributed by atoms with Crippen LogP contribution in [0.5, 0.6) is 0 Å². The van der Waals surface area contributed by atoms with E-state index in [4.69, 9.17) is 10.2 Å². The third-order valence-electron chi connectivity index (χ3n) is 1.24. The maximum absolute atomic E-state index is 8.90. The van der Waals surface area contributed by atoms with E-state index in [-0.39, 0.29) is 6.61 Å². The first kappa shape index (κ1) is 10.3. The zero-order chi connectivity index (χ0) is 7.82. The van der Waals surface area contributed by atoms with Crippen molar-refractivity contribution < 1.29 is 10.2 Å². The highest BCUT2D eigenvalue weighted by Gasteiger charge is 1.99. The minimum atomic E-state index is -0.502. The van der Waals surface area contributed by atoms with E-state index in [1.165, 1.54) is 0 Å². The Kier molecular flexibility index (Phi) is 7.58. The molecule has 0 aliphatic heterocycles. The average Bonchev–Trinajstić information content (AvgIpc) is 1.98. The van der Waals surface area contributed by atoms with Crippen molar-refractivity contribution in [3.8, 4) is 0 Å². The first-order valence-electron chi connectivity index (χ1n) is 3.68. The van der Waals surface area contributed by atoms with E-state index in [9.17, 15) is 0 Å². The van der Waals surface area contributed by atoms with Crippen molar-refractivity contribution in [2.75, 3.05) is 18.1 Å². The van der Waals surface area contributed by atoms with Gasteiger partial charge < -0.3 is 10.2 Å². The summed E-state index contributed by atoms with van der Waals surface area (Å²) < 4.78 is 0. The number of thioether (sulfide) groups is 1. The van der Waals surface area contributed by atoms with Crippen LogP contribution < -0.4 is 0 Å². The van der Waals surface area contributed by atoms with Gasteiger partial charge in [0.2, 0.25) is 0 Å². The minimum absolute atomic E-state index is 0.100. The van der Waals surface area contributed by atoms with Gasteiger partial charge in [0, 0.05) is 0 Å². The summed E-state index contributed by atoms with van der Waals surface area (Å²) in [4.78, 5) is 0. The summed E-state index contributed by atoms with van der Waals surface area (Å²) in [5.74, 6) is 2.22. The molecule has 1 unspecified atom stereocenters. The summed E-state index contributed by atoms with van der Waals surface area (Å²) in [6.45, 7) is 2.02. The Bertz CT molecular complexity index is 68.6. The van der Waals surface area contributed by atoms with Crippen molar-refractivity contribution in [1.82, 2.24) is 0 Å². The largest absolute Gasteiger partial charge is 0.394 e. The second kappa shape index (κ2) is 7.38. The van der Waals surface area contributed by atoms with Gasteiger partial charge in [-0.2, -0.15) is 11.8 Å². The molecule has 0 aromatic heterocycles. The lowest BCUT2D eigenvalue weighted by molar-refractivity contribution is 0.0880. The molecule has 0 aromatic carbocycles. The van der Waals surface area contributed by atoms with Gasteiger partial charge in [-0.05, 0) is 24.3 Å². The van der Waals surface area contributed by atoms with E-state index in [0.29, 0.717) is 0 Å². The highest BCUT2D eigenvalue weighted by Crippen LogP contribution is 2.05. The number of hydrogen-bond acceptors (Lipinski definition) is 3. The van der Waals surface area contributed by atoms with Crippen LogP contribution >= 0.6 is 11.8 Å². The summed E-state index contributed by atoms with van der Waals surface area (Å²) in [7, 11) is 0. The molecule has 0 heterocycles. The number of aliphatic hydroxyl groups excluding tert-OH is 2. The second-order valence-corrected chi connectivity index (χ2v) is 3.57. The normalized spacial score (nSPS) is 13.5. The molecule has 0 saturated carbocycles. The van der Waals surface area contributed by atoms with Crippen LogP contribution in [0, 0.1) is 0 Å². The fourth-order valence-corrected chi connectivity index (χ4v) is 1.32. The first-order valence-corrected chi connectivity index (χ1v) is 4.83. The summed E-state index contributed by atoms with van der Waals surface area (Å²) >= 11 is 1.87. The third kappa shape index (κ3) is 6.39. The van der Waals surface area contributed by atoms with E-state index >= 15 is 0 Å². The van der Waals surface area contributed by atoms with Crippen LogP contribution in [-0.4, -0.2) is 34.4 Å². The summed E-state index contributed by atoms with van der Waals surface area (Å²) in [5, 5.41) is 17.3. The fourth-order valence-electron chi connectivity index (χ4n) is 0.657. The number of hydrogen-bond donors (Lipinski definition) is 2. The van der Waals surface area contributed by atoms with Gasteiger partial charge in [-0.1, -0.05) is 6.92 Å². The van der Waals surface area contributed by atoms with Crippen LogP contribution in [0.25, 0.3) is 0 Å². The molecule has 0 rings (SSSR count). The zero-order valence-corrected chi connectivity index (χ0v) is 7.23. The molecule has 0 fully saturated rings. The molecular formula is C7H16O2S. The molecule has 2 N–H and O–H groups in total. The van der Waals surface area contributed by atoms with E-state index < -0.39 is 6.10 Å². The van der Waals surface area contributed by atoms with Crippen LogP contribution in [0.4, 0.5) is 0 Å². The van der Waals surface area contributed by atoms with E-state index in [0.717, 1.165) is 24.3 Å². The van der Waals surface area contributed by atoms with Crippen molar-refractivity contribution in [1.29, 1.82) is 0 Å². The fraction of sp³-hybridized carbons (Fsp3) is 1.00. The van der Waals surface area contributed by atoms with Crippen LogP contribution in [0.3, 0.4) is 0 Å². The topological polar surface area (TPSA) is 40.5 Å². The van der Waals surface area contributed by atoms with E-state index in [2.05, 4.69) is 6.92 Å². The Morgan fingerprint density at radius 2 is 2.20 bits per heavy atom. The minimum Gasteiger partial charge on any atom is -0.394 e.